The minimum atomic E-state index is -4.59. The molecule has 0 spiro atoms. The van der Waals surface area contributed by atoms with Crippen LogP contribution in [0, 0.1) is 6.92 Å². The molecule has 31 heavy (non-hydrogen) atoms. The van der Waals surface area contributed by atoms with Crippen LogP contribution >= 0.6 is 11.8 Å². The molecule has 158 valence electrons. The highest BCUT2D eigenvalue weighted by Gasteiger charge is 2.33. The number of benzene rings is 2. The van der Waals surface area contributed by atoms with Crippen molar-refractivity contribution in [3.05, 3.63) is 70.1 Å². The number of thioether (sulfide) groups is 1. The van der Waals surface area contributed by atoms with Crippen molar-refractivity contribution in [1.29, 1.82) is 0 Å². The zero-order valence-corrected chi connectivity index (χ0v) is 16.8. The Kier molecular flexibility index (Phi) is 5.36. The van der Waals surface area contributed by atoms with E-state index in [9.17, 15) is 22.8 Å². The maximum absolute atomic E-state index is 13.1. The first kappa shape index (κ1) is 20.8. The molecule has 0 bridgehead atoms. The van der Waals surface area contributed by atoms with E-state index in [0.29, 0.717) is 10.9 Å². The highest BCUT2D eigenvalue weighted by molar-refractivity contribution is 7.99. The molecule has 0 fully saturated rings. The lowest BCUT2D eigenvalue weighted by Crippen LogP contribution is -2.20. The molecule has 4 rings (SSSR count). The molecular weight excluding hydrogens is 431 g/mol. The van der Waals surface area contributed by atoms with Crippen molar-refractivity contribution in [2.24, 2.45) is 0 Å². The Morgan fingerprint density at radius 1 is 1.10 bits per heavy atom. The van der Waals surface area contributed by atoms with Gasteiger partial charge < -0.3 is 5.32 Å². The lowest BCUT2D eigenvalue weighted by atomic mass is 10.1. The van der Waals surface area contributed by atoms with E-state index in [1.54, 1.807) is 24.3 Å². The highest BCUT2D eigenvalue weighted by atomic mass is 32.2. The molecular formula is C20H14F3N5O2S. The van der Waals surface area contributed by atoms with E-state index < -0.39 is 23.2 Å². The number of rotatable bonds is 4. The SMILES string of the molecule is Cc1nn2c(SCC(=O)Nc3ccccc3C(F)(F)F)nc3ccccc3c2nc1=O. The molecule has 1 amide bonds. The molecule has 2 heterocycles. The molecule has 2 aromatic carbocycles. The van der Waals surface area contributed by atoms with Gasteiger partial charge in [0.1, 0.15) is 5.69 Å². The van der Waals surface area contributed by atoms with Gasteiger partial charge in [-0.1, -0.05) is 36.0 Å². The number of hydrogen-bond donors (Lipinski definition) is 1. The summed E-state index contributed by atoms with van der Waals surface area (Å²) in [5.74, 6) is -0.866. The maximum Gasteiger partial charge on any atom is 0.418 e. The number of para-hydroxylation sites is 2. The molecule has 4 aromatic rings. The number of alkyl halides is 3. The number of halogens is 3. The summed E-state index contributed by atoms with van der Waals surface area (Å²) < 4.78 is 40.8. The number of amides is 1. The molecule has 0 atom stereocenters. The zero-order chi connectivity index (χ0) is 22.2. The van der Waals surface area contributed by atoms with Gasteiger partial charge in [-0.05, 0) is 31.2 Å². The summed E-state index contributed by atoms with van der Waals surface area (Å²) in [6.07, 6.45) is -4.59. The van der Waals surface area contributed by atoms with E-state index >= 15 is 0 Å². The third-order valence-electron chi connectivity index (χ3n) is 4.35. The van der Waals surface area contributed by atoms with Gasteiger partial charge in [0.2, 0.25) is 5.91 Å². The second kappa shape index (κ2) is 7.99. The molecule has 0 saturated carbocycles. The van der Waals surface area contributed by atoms with Crippen LogP contribution < -0.4 is 10.9 Å². The number of nitrogens with one attached hydrogen (secondary N) is 1. The van der Waals surface area contributed by atoms with Crippen LogP contribution in [0.5, 0.6) is 0 Å². The average molecular weight is 445 g/mol. The predicted molar refractivity (Wildman–Crippen MR) is 110 cm³/mol. The summed E-state index contributed by atoms with van der Waals surface area (Å²) in [6, 6.07) is 11.8. The zero-order valence-electron chi connectivity index (χ0n) is 16.0. The van der Waals surface area contributed by atoms with Gasteiger partial charge in [0.25, 0.3) is 5.56 Å². The molecule has 0 aliphatic rings. The topological polar surface area (TPSA) is 89.2 Å². The van der Waals surface area contributed by atoms with E-state index in [1.807, 2.05) is 0 Å². The fourth-order valence-electron chi connectivity index (χ4n) is 2.93. The number of aromatic nitrogens is 4. The summed E-state index contributed by atoms with van der Waals surface area (Å²) in [4.78, 5) is 32.9. The first-order chi connectivity index (χ1) is 14.7. The molecule has 0 aliphatic heterocycles. The third-order valence-corrected chi connectivity index (χ3v) is 5.28. The lowest BCUT2D eigenvalue weighted by molar-refractivity contribution is -0.137. The second-order valence-corrected chi connectivity index (χ2v) is 7.47. The number of nitrogens with zero attached hydrogens (tertiary/aromatic N) is 4. The van der Waals surface area contributed by atoms with Gasteiger partial charge in [0.05, 0.1) is 22.5 Å². The fourth-order valence-corrected chi connectivity index (χ4v) is 3.68. The van der Waals surface area contributed by atoms with Crippen LogP contribution in [0.2, 0.25) is 0 Å². The quantitative estimate of drug-likeness (QED) is 0.293. The van der Waals surface area contributed by atoms with Crippen LogP contribution in [0.15, 0.2) is 58.5 Å². The monoisotopic (exact) mass is 445 g/mol. The smallest absolute Gasteiger partial charge is 0.325 e. The minimum absolute atomic E-state index is 0.153. The number of carbonyl (C=O) groups excluding carboxylic acids is 1. The van der Waals surface area contributed by atoms with Gasteiger partial charge in [0.15, 0.2) is 10.8 Å². The first-order valence-electron chi connectivity index (χ1n) is 8.99. The molecule has 1 N–H and O–H groups in total. The van der Waals surface area contributed by atoms with Crippen LogP contribution in [-0.2, 0) is 11.0 Å². The first-order valence-corrected chi connectivity index (χ1v) is 9.98. The van der Waals surface area contributed by atoms with Gasteiger partial charge in [-0.25, -0.2) is 4.98 Å². The molecule has 11 heteroatoms. The van der Waals surface area contributed by atoms with Crippen molar-refractivity contribution < 1.29 is 18.0 Å². The van der Waals surface area contributed by atoms with E-state index in [1.165, 1.54) is 29.6 Å². The normalized spacial score (nSPS) is 11.7. The standard InChI is InChI=1S/C20H14F3N5O2S/c1-11-18(30)26-17-12-6-2-4-8-14(12)25-19(28(17)27-11)31-10-16(29)24-15-9-5-3-7-13(15)20(21,22)23/h2-9H,10H2,1H3,(H,24,29). The predicted octanol–water partition coefficient (Wildman–Crippen LogP) is 3.70. The largest absolute Gasteiger partial charge is 0.418 e. The molecule has 7 nitrogen and oxygen atoms in total. The Labute approximate surface area is 177 Å². The molecule has 2 aromatic heterocycles. The Bertz CT molecular complexity index is 1370. The highest BCUT2D eigenvalue weighted by Crippen LogP contribution is 2.34. The number of anilines is 1. The molecule has 0 radical (unpaired) electrons. The molecule has 0 unspecified atom stereocenters. The van der Waals surface area contributed by atoms with E-state index in [0.717, 1.165) is 17.8 Å². The summed E-state index contributed by atoms with van der Waals surface area (Å²) in [5, 5.41) is 7.39. The Morgan fingerprint density at radius 2 is 1.81 bits per heavy atom. The van der Waals surface area contributed by atoms with Crippen LogP contribution in [0.4, 0.5) is 18.9 Å². The van der Waals surface area contributed by atoms with Crippen LogP contribution in [0.3, 0.4) is 0 Å². The van der Waals surface area contributed by atoms with Crippen LogP contribution in [0.25, 0.3) is 16.6 Å². The fraction of sp³-hybridized carbons (Fsp3) is 0.150. The third kappa shape index (κ3) is 4.22. The van der Waals surface area contributed by atoms with Crippen molar-refractivity contribution >= 4 is 39.9 Å². The maximum atomic E-state index is 13.1. The van der Waals surface area contributed by atoms with E-state index in [-0.39, 0.29) is 27.9 Å². The Hall–Kier alpha value is -3.47. The minimum Gasteiger partial charge on any atom is -0.325 e. The van der Waals surface area contributed by atoms with Crippen molar-refractivity contribution in [3.63, 3.8) is 0 Å². The van der Waals surface area contributed by atoms with Gasteiger partial charge >= 0.3 is 6.18 Å². The van der Waals surface area contributed by atoms with Gasteiger partial charge in [-0.3, -0.25) is 9.59 Å². The summed E-state index contributed by atoms with van der Waals surface area (Å²) in [5.41, 5.74) is -0.747. The van der Waals surface area contributed by atoms with Crippen LogP contribution in [-0.4, -0.2) is 31.2 Å². The van der Waals surface area contributed by atoms with E-state index in [4.69, 9.17) is 0 Å². The number of fused-ring (bicyclic) bond motifs is 3. The van der Waals surface area contributed by atoms with Gasteiger partial charge in [0, 0.05) is 5.39 Å². The average Bonchev–Trinajstić information content (AvgIpc) is 2.73. The van der Waals surface area contributed by atoms with Crippen LogP contribution in [0.1, 0.15) is 11.3 Å². The summed E-state index contributed by atoms with van der Waals surface area (Å²) in [6.45, 7) is 1.51. The lowest BCUT2D eigenvalue weighted by Gasteiger charge is -2.13. The number of hydrogen-bond acceptors (Lipinski definition) is 6. The molecule has 0 saturated heterocycles. The van der Waals surface area contributed by atoms with Crippen molar-refractivity contribution in [2.75, 3.05) is 11.1 Å². The summed E-state index contributed by atoms with van der Waals surface area (Å²) >= 11 is 0.974. The van der Waals surface area contributed by atoms with Crippen molar-refractivity contribution in [2.45, 2.75) is 18.3 Å². The van der Waals surface area contributed by atoms with Gasteiger partial charge in [-0.2, -0.15) is 27.8 Å². The number of aryl methyl sites for hydroxylation is 1. The van der Waals surface area contributed by atoms with E-state index in [2.05, 4.69) is 20.4 Å². The summed E-state index contributed by atoms with van der Waals surface area (Å²) in [7, 11) is 0. The Morgan fingerprint density at radius 3 is 2.58 bits per heavy atom. The van der Waals surface area contributed by atoms with Crippen molar-refractivity contribution in [1.82, 2.24) is 19.6 Å². The second-order valence-electron chi connectivity index (χ2n) is 6.53. The molecule has 0 aliphatic carbocycles. The Balaban J connectivity index is 1.64. The van der Waals surface area contributed by atoms with Gasteiger partial charge in [-0.15, -0.1) is 0 Å². The number of carbonyl (C=O) groups is 1. The van der Waals surface area contributed by atoms with Crippen molar-refractivity contribution in [3.8, 4) is 0 Å².